The van der Waals surface area contributed by atoms with Crippen molar-refractivity contribution in [3.63, 3.8) is 0 Å². The third-order valence-electron chi connectivity index (χ3n) is 6.88. The molecular formula is C20H30O7. The summed E-state index contributed by atoms with van der Waals surface area (Å²) in [6.45, 7) is 10.3. The Hall–Kier alpha value is -1.28. The summed E-state index contributed by atoms with van der Waals surface area (Å²) in [4.78, 5) is 29.6. The molecule has 6 unspecified atom stereocenters. The third-order valence-corrected chi connectivity index (χ3v) is 6.88. The van der Waals surface area contributed by atoms with Gasteiger partial charge in [0.2, 0.25) is 0 Å². The molecule has 2 aliphatic carbocycles. The Morgan fingerprint density at radius 1 is 1.33 bits per heavy atom. The first kappa shape index (κ1) is 20.5. The van der Waals surface area contributed by atoms with Crippen LogP contribution in [0.4, 0.5) is 0 Å². The largest absolute Gasteiger partial charge is 0.457 e. The first-order valence-corrected chi connectivity index (χ1v) is 9.47. The van der Waals surface area contributed by atoms with Crippen molar-refractivity contribution >= 4 is 11.8 Å². The smallest absolute Gasteiger partial charge is 0.341 e. The fourth-order valence-corrected chi connectivity index (χ4v) is 4.66. The van der Waals surface area contributed by atoms with E-state index in [-0.39, 0.29) is 18.3 Å². The molecule has 1 heterocycles. The van der Waals surface area contributed by atoms with Crippen molar-refractivity contribution in [1.82, 2.24) is 0 Å². The maximum absolute atomic E-state index is 12.7. The number of aliphatic hydroxyl groups is 1. The fraction of sp³-hybridized carbons (Fsp3) is 0.800. The summed E-state index contributed by atoms with van der Waals surface area (Å²) in [5.41, 5.74) is -3.62. The molecule has 2 fully saturated rings. The van der Waals surface area contributed by atoms with Crippen molar-refractivity contribution in [2.24, 2.45) is 11.3 Å². The van der Waals surface area contributed by atoms with E-state index in [1.54, 1.807) is 40.7 Å². The molecule has 1 aliphatic heterocycles. The molecule has 7 nitrogen and oxygen atoms in total. The van der Waals surface area contributed by atoms with E-state index in [2.05, 4.69) is 4.89 Å². The van der Waals surface area contributed by atoms with Crippen LogP contribution < -0.4 is 0 Å². The van der Waals surface area contributed by atoms with Gasteiger partial charge in [0.15, 0.2) is 11.4 Å². The second-order valence-electron chi connectivity index (χ2n) is 9.44. The van der Waals surface area contributed by atoms with Crippen molar-refractivity contribution in [2.75, 3.05) is 0 Å². The first-order valence-electron chi connectivity index (χ1n) is 9.47. The van der Waals surface area contributed by atoms with Gasteiger partial charge < -0.3 is 14.6 Å². The highest BCUT2D eigenvalue weighted by molar-refractivity contribution is 5.98. The van der Waals surface area contributed by atoms with Crippen LogP contribution >= 0.6 is 0 Å². The number of ether oxygens (including phenoxy) is 2. The van der Waals surface area contributed by atoms with Crippen LogP contribution in [0, 0.1) is 11.3 Å². The lowest BCUT2D eigenvalue weighted by Gasteiger charge is -2.54. The molecule has 152 valence electrons. The van der Waals surface area contributed by atoms with Crippen molar-refractivity contribution in [3.8, 4) is 0 Å². The summed E-state index contributed by atoms with van der Waals surface area (Å²) >= 11 is 0. The number of ketones is 1. The molecule has 1 saturated carbocycles. The molecule has 1 saturated heterocycles. The van der Waals surface area contributed by atoms with Crippen molar-refractivity contribution in [2.45, 2.75) is 89.8 Å². The van der Waals surface area contributed by atoms with Crippen LogP contribution in [-0.4, -0.2) is 51.1 Å². The quantitative estimate of drug-likeness (QED) is 0.333. The summed E-state index contributed by atoms with van der Waals surface area (Å²) < 4.78 is 11.0. The van der Waals surface area contributed by atoms with E-state index in [1.165, 1.54) is 0 Å². The predicted octanol–water partition coefficient (Wildman–Crippen LogP) is 2.41. The maximum atomic E-state index is 12.7. The summed E-state index contributed by atoms with van der Waals surface area (Å²) in [6, 6.07) is 0. The average molecular weight is 382 g/mol. The third kappa shape index (κ3) is 3.14. The van der Waals surface area contributed by atoms with E-state index >= 15 is 0 Å². The molecule has 0 radical (unpaired) electrons. The predicted molar refractivity (Wildman–Crippen MR) is 95.8 cm³/mol. The minimum Gasteiger partial charge on any atom is -0.457 e. The van der Waals surface area contributed by atoms with Gasteiger partial charge in [0.1, 0.15) is 17.3 Å². The highest BCUT2D eigenvalue weighted by atomic mass is 17.1. The van der Waals surface area contributed by atoms with Gasteiger partial charge in [-0.2, -0.15) is 0 Å². The van der Waals surface area contributed by atoms with Crippen LogP contribution in [0.2, 0.25) is 0 Å². The van der Waals surface area contributed by atoms with Crippen LogP contribution in [0.25, 0.3) is 0 Å². The zero-order valence-electron chi connectivity index (χ0n) is 16.9. The second kappa shape index (κ2) is 6.11. The minimum atomic E-state index is -1.37. The number of carbonyl (C=O) groups is 2. The van der Waals surface area contributed by atoms with Gasteiger partial charge in [-0.05, 0) is 52.9 Å². The molecule has 3 rings (SSSR count). The van der Waals surface area contributed by atoms with Gasteiger partial charge in [0, 0.05) is 17.9 Å². The Morgan fingerprint density at radius 2 is 1.93 bits per heavy atom. The number of hydrogen-bond donors (Lipinski definition) is 2. The highest BCUT2D eigenvalue weighted by Gasteiger charge is 2.61. The lowest BCUT2D eigenvalue weighted by atomic mass is 9.54. The van der Waals surface area contributed by atoms with E-state index < -0.39 is 40.2 Å². The number of carbonyl (C=O) groups excluding carboxylic acids is 2. The zero-order chi connectivity index (χ0) is 20.4. The van der Waals surface area contributed by atoms with Gasteiger partial charge in [0.25, 0.3) is 0 Å². The maximum Gasteiger partial charge on any atom is 0.341 e. The second-order valence-corrected chi connectivity index (χ2v) is 9.44. The van der Waals surface area contributed by atoms with Gasteiger partial charge in [-0.3, -0.25) is 10.1 Å². The number of Topliss-reactive ketones (excluding diaryl/α,β-unsaturated/α-hetero) is 1. The highest BCUT2D eigenvalue weighted by Crippen LogP contribution is 2.54. The van der Waals surface area contributed by atoms with Gasteiger partial charge in [-0.15, -0.1) is 0 Å². The normalized spacial score (nSPS) is 44.4. The number of esters is 1. The van der Waals surface area contributed by atoms with Crippen LogP contribution in [0.1, 0.15) is 60.8 Å². The Balaban J connectivity index is 1.91. The van der Waals surface area contributed by atoms with Crippen LogP contribution in [0.3, 0.4) is 0 Å². The standard InChI is InChI=1S/C20H30O7/c1-11-20(6,26-11)16(22)25-15-7-8-18(4)10-13(21)12(17(2,3)27-24)9-14(18)19(15,5)23/h9,11,14-15,23-24H,7-8,10H2,1-6H3. The molecule has 2 N–H and O–H groups in total. The lowest BCUT2D eigenvalue weighted by molar-refractivity contribution is -0.300. The first-order chi connectivity index (χ1) is 12.3. The van der Waals surface area contributed by atoms with Gasteiger partial charge in [0.05, 0.1) is 6.10 Å². The number of epoxide rings is 1. The van der Waals surface area contributed by atoms with Crippen molar-refractivity contribution < 1.29 is 34.3 Å². The number of fused-ring (bicyclic) bond motifs is 1. The molecule has 0 aromatic rings. The van der Waals surface area contributed by atoms with Crippen LogP contribution in [0.15, 0.2) is 11.6 Å². The molecular weight excluding hydrogens is 352 g/mol. The Bertz CT molecular complexity index is 694. The van der Waals surface area contributed by atoms with Gasteiger partial charge in [-0.1, -0.05) is 13.0 Å². The summed E-state index contributed by atoms with van der Waals surface area (Å²) in [7, 11) is 0. The summed E-state index contributed by atoms with van der Waals surface area (Å²) in [5, 5.41) is 20.6. The molecule has 0 bridgehead atoms. The SMILES string of the molecule is CC1OC1(C)C(=O)OC1CCC2(C)CC(=O)C(C(C)(C)OO)=CC2C1(C)O. The molecule has 27 heavy (non-hydrogen) atoms. The van der Waals surface area contributed by atoms with E-state index in [1.807, 2.05) is 6.92 Å². The molecule has 7 heteroatoms. The zero-order valence-corrected chi connectivity index (χ0v) is 16.9. The van der Waals surface area contributed by atoms with E-state index in [4.69, 9.17) is 9.47 Å². The monoisotopic (exact) mass is 382 g/mol. The van der Waals surface area contributed by atoms with Crippen molar-refractivity contribution in [3.05, 3.63) is 11.6 Å². The Morgan fingerprint density at radius 3 is 2.44 bits per heavy atom. The minimum absolute atomic E-state index is 0.105. The molecule has 0 spiro atoms. The summed E-state index contributed by atoms with van der Waals surface area (Å²) in [5.74, 6) is -1.00. The number of hydrogen-bond acceptors (Lipinski definition) is 7. The van der Waals surface area contributed by atoms with E-state index in [9.17, 15) is 20.0 Å². The van der Waals surface area contributed by atoms with Gasteiger partial charge in [-0.25, -0.2) is 9.68 Å². The summed E-state index contributed by atoms with van der Waals surface area (Å²) in [6.07, 6.45) is 2.12. The fourth-order valence-electron chi connectivity index (χ4n) is 4.66. The molecule has 0 aromatic carbocycles. The van der Waals surface area contributed by atoms with Crippen molar-refractivity contribution in [1.29, 1.82) is 0 Å². The topological polar surface area (TPSA) is 106 Å². The lowest BCUT2D eigenvalue weighted by Crippen LogP contribution is -2.59. The Labute approximate surface area is 159 Å². The molecule has 3 aliphatic rings. The Kier molecular flexibility index (Phi) is 4.63. The molecule has 6 atom stereocenters. The van der Waals surface area contributed by atoms with Crippen LogP contribution in [0.5, 0.6) is 0 Å². The number of rotatable bonds is 4. The molecule has 0 amide bonds. The van der Waals surface area contributed by atoms with E-state index in [0.29, 0.717) is 18.4 Å². The molecule has 0 aromatic heterocycles. The average Bonchev–Trinajstić information content (AvgIpc) is 3.17. The van der Waals surface area contributed by atoms with Gasteiger partial charge >= 0.3 is 5.97 Å². The van der Waals surface area contributed by atoms with Crippen LogP contribution in [-0.2, 0) is 24.0 Å². The van der Waals surface area contributed by atoms with E-state index in [0.717, 1.165) is 0 Å².